The van der Waals surface area contributed by atoms with Crippen molar-refractivity contribution >= 4 is 23.4 Å². The van der Waals surface area contributed by atoms with Gasteiger partial charge in [0.25, 0.3) is 5.91 Å². The van der Waals surface area contributed by atoms with Gasteiger partial charge in [-0.2, -0.15) is 0 Å². The van der Waals surface area contributed by atoms with E-state index < -0.39 is 0 Å². The number of nitrogens with zero attached hydrogens (tertiary/aromatic N) is 2. The summed E-state index contributed by atoms with van der Waals surface area (Å²) in [5.41, 5.74) is 4.91. The number of benzene rings is 2. The van der Waals surface area contributed by atoms with Crippen LogP contribution < -0.4 is 5.32 Å². The van der Waals surface area contributed by atoms with Crippen molar-refractivity contribution in [3.63, 3.8) is 0 Å². The van der Waals surface area contributed by atoms with E-state index in [1.165, 1.54) is 0 Å². The van der Waals surface area contributed by atoms with Gasteiger partial charge in [-0.25, -0.2) is 4.98 Å². The average Bonchev–Trinajstić information content (AvgIpc) is 3.27. The zero-order valence-corrected chi connectivity index (χ0v) is 18.7. The van der Waals surface area contributed by atoms with Crippen molar-refractivity contribution in [3.05, 3.63) is 82.6 Å². The molecule has 2 aromatic heterocycles. The smallest absolute Gasteiger partial charge is 0.256 e. The summed E-state index contributed by atoms with van der Waals surface area (Å²) < 4.78 is 11.0. The molecule has 0 saturated heterocycles. The van der Waals surface area contributed by atoms with E-state index in [0.717, 1.165) is 38.9 Å². The van der Waals surface area contributed by atoms with Crippen LogP contribution in [0, 0.1) is 27.7 Å². The van der Waals surface area contributed by atoms with E-state index in [0.29, 0.717) is 22.9 Å². The number of thioether (sulfide) groups is 1. The molecule has 0 saturated carbocycles. The molecular weight excluding hydrogens is 410 g/mol. The van der Waals surface area contributed by atoms with Crippen molar-refractivity contribution in [1.82, 2.24) is 10.1 Å². The van der Waals surface area contributed by atoms with E-state index in [1.54, 1.807) is 11.8 Å². The molecule has 158 valence electrons. The lowest BCUT2D eigenvalue weighted by Gasteiger charge is -2.10. The standard InChI is InChI=1S/C24H23N3O3S/c1-14-16(3)29-24(25-14)18-8-7-9-19(12-18)26-23(28)20-10-5-6-11-22(20)31-13-21-15(2)27-30-17(21)4/h5-12H,13H2,1-4H3,(H,26,28). The number of anilines is 1. The fourth-order valence-electron chi connectivity index (χ4n) is 3.16. The minimum atomic E-state index is -0.168. The van der Waals surface area contributed by atoms with Crippen LogP contribution in [-0.4, -0.2) is 16.0 Å². The molecule has 0 aliphatic rings. The quantitative estimate of drug-likeness (QED) is 0.370. The van der Waals surface area contributed by atoms with Crippen molar-refractivity contribution in [2.45, 2.75) is 38.3 Å². The zero-order chi connectivity index (χ0) is 22.0. The summed E-state index contributed by atoms with van der Waals surface area (Å²) >= 11 is 1.59. The van der Waals surface area contributed by atoms with E-state index in [-0.39, 0.29) is 5.91 Å². The third-order valence-electron chi connectivity index (χ3n) is 5.08. The molecule has 2 aromatic carbocycles. The molecule has 2 heterocycles. The highest BCUT2D eigenvalue weighted by Gasteiger charge is 2.15. The first-order valence-electron chi connectivity index (χ1n) is 9.91. The predicted molar refractivity (Wildman–Crippen MR) is 121 cm³/mol. The van der Waals surface area contributed by atoms with Crippen LogP contribution in [0.15, 0.2) is 62.4 Å². The van der Waals surface area contributed by atoms with Crippen LogP contribution in [0.2, 0.25) is 0 Å². The summed E-state index contributed by atoms with van der Waals surface area (Å²) in [6, 6.07) is 15.1. The number of carbonyl (C=O) groups excluding carboxylic acids is 1. The van der Waals surface area contributed by atoms with Crippen LogP contribution >= 0.6 is 11.8 Å². The highest BCUT2D eigenvalue weighted by molar-refractivity contribution is 7.98. The number of hydrogen-bond donors (Lipinski definition) is 1. The lowest BCUT2D eigenvalue weighted by molar-refractivity contribution is 0.102. The Hall–Kier alpha value is -3.32. The van der Waals surface area contributed by atoms with Crippen molar-refractivity contribution in [2.75, 3.05) is 5.32 Å². The minimum absolute atomic E-state index is 0.168. The Morgan fingerprint density at radius 2 is 1.81 bits per heavy atom. The summed E-state index contributed by atoms with van der Waals surface area (Å²) in [6.07, 6.45) is 0. The molecule has 1 amide bonds. The Balaban J connectivity index is 1.52. The van der Waals surface area contributed by atoms with Gasteiger partial charge in [-0.15, -0.1) is 11.8 Å². The Labute approximate surface area is 185 Å². The van der Waals surface area contributed by atoms with Gasteiger partial charge in [0.05, 0.1) is 17.0 Å². The molecule has 6 nitrogen and oxygen atoms in total. The fraction of sp³-hybridized carbons (Fsp3) is 0.208. The van der Waals surface area contributed by atoms with Crippen molar-refractivity contribution < 1.29 is 13.7 Å². The molecule has 0 fully saturated rings. The summed E-state index contributed by atoms with van der Waals surface area (Å²) in [4.78, 5) is 18.4. The summed E-state index contributed by atoms with van der Waals surface area (Å²) in [6.45, 7) is 7.62. The van der Waals surface area contributed by atoms with E-state index in [4.69, 9.17) is 8.94 Å². The molecule has 0 bridgehead atoms. The lowest BCUT2D eigenvalue weighted by atomic mass is 10.1. The molecule has 0 unspecified atom stereocenters. The predicted octanol–water partition coefficient (Wildman–Crippen LogP) is 6.11. The zero-order valence-electron chi connectivity index (χ0n) is 17.9. The molecular formula is C24H23N3O3S. The first kappa shape index (κ1) is 20.9. The number of rotatable bonds is 6. The summed E-state index contributed by atoms with van der Waals surface area (Å²) in [5.74, 6) is 2.65. The molecule has 0 aliphatic carbocycles. The molecule has 4 aromatic rings. The number of aromatic nitrogens is 2. The SMILES string of the molecule is Cc1nc(-c2cccc(NC(=O)c3ccccc3SCc3c(C)noc3C)c2)oc1C. The number of nitrogens with one attached hydrogen (secondary N) is 1. The van der Waals surface area contributed by atoms with Gasteiger partial charge in [0.1, 0.15) is 11.5 Å². The largest absolute Gasteiger partial charge is 0.441 e. The van der Waals surface area contributed by atoms with Crippen LogP contribution in [0.4, 0.5) is 5.69 Å². The first-order chi connectivity index (χ1) is 14.9. The van der Waals surface area contributed by atoms with Crippen molar-refractivity contribution in [3.8, 4) is 11.5 Å². The third kappa shape index (κ3) is 4.56. The van der Waals surface area contributed by atoms with Crippen LogP contribution in [0.5, 0.6) is 0 Å². The maximum absolute atomic E-state index is 13.0. The van der Waals surface area contributed by atoms with Crippen molar-refractivity contribution in [2.24, 2.45) is 0 Å². The second-order valence-electron chi connectivity index (χ2n) is 7.28. The minimum Gasteiger partial charge on any atom is -0.441 e. The molecule has 0 atom stereocenters. The highest BCUT2D eigenvalue weighted by atomic mass is 32.2. The average molecular weight is 434 g/mol. The van der Waals surface area contributed by atoms with E-state index in [2.05, 4.69) is 15.5 Å². The second kappa shape index (κ2) is 8.81. The maximum atomic E-state index is 13.0. The van der Waals surface area contributed by atoms with Crippen LogP contribution in [0.1, 0.15) is 38.8 Å². The van der Waals surface area contributed by atoms with Gasteiger partial charge in [0.15, 0.2) is 0 Å². The van der Waals surface area contributed by atoms with E-state index >= 15 is 0 Å². The number of amides is 1. The molecule has 31 heavy (non-hydrogen) atoms. The topological polar surface area (TPSA) is 81.2 Å². The van der Waals surface area contributed by atoms with Gasteiger partial charge >= 0.3 is 0 Å². The number of oxazole rings is 1. The van der Waals surface area contributed by atoms with Gasteiger partial charge in [0, 0.05) is 27.5 Å². The molecule has 7 heteroatoms. The Bertz CT molecular complexity index is 1200. The molecule has 0 spiro atoms. The van der Waals surface area contributed by atoms with Gasteiger partial charge in [-0.3, -0.25) is 4.79 Å². The number of aryl methyl sites for hydroxylation is 4. The molecule has 1 N–H and O–H groups in total. The van der Waals surface area contributed by atoms with Gasteiger partial charge < -0.3 is 14.3 Å². The molecule has 4 rings (SSSR count). The van der Waals surface area contributed by atoms with Crippen LogP contribution in [0.3, 0.4) is 0 Å². The Morgan fingerprint density at radius 3 is 2.52 bits per heavy atom. The van der Waals surface area contributed by atoms with E-state index in [9.17, 15) is 4.79 Å². The maximum Gasteiger partial charge on any atom is 0.256 e. The Morgan fingerprint density at radius 1 is 1.00 bits per heavy atom. The summed E-state index contributed by atoms with van der Waals surface area (Å²) in [5, 5.41) is 7.00. The number of carbonyl (C=O) groups is 1. The molecule has 0 radical (unpaired) electrons. The molecule has 0 aliphatic heterocycles. The summed E-state index contributed by atoms with van der Waals surface area (Å²) in [7, 11) is 0. The number of hydrogen-bond acceptors (Lipinski definition) is 6. The fourth-order valence-corrected chi connectivity index (χ4v) is 4.37. The van der Waals surface area contributed by atoms with E-state index in [1.807, 2.05) is 76.2 Å². The van der Waals surface area contributed by atoms with Crippen molar-refractivity contribution in [1.29, 1.82) is 0 Å². The van der Waals surface area contributed by atoms with Crippen LogP contribution in [0.25, 0.3) is 11.5 Å². The highest BCUT2D eigenvalue weighted by Crippen LogP contribution is 2.30. The van der Waals surface area contributed by atoms with Gasteiger partial charge in [-0.05, 0) is 58.0 Å². The first-order valence-corrected chi connectivity index (χ1v) is 10.9. The lowest BCUT2D eigenvalue weighted by Crippen LogP contribution is -2.13. The monoisotopic (exact) mass is 433 g/mol. The van der Waals surface area contributed by atoms with Gasteiger partial charge in [0.2, 0.25) is 5.89 Å². The van der Waals surface area contributed by atoms with Crippen LogP contribution in [-0.2, 0) is 5.75 Å². The van der Waals surface area contributed by atoms with Gasteiger partial charge in [-0.1, -0.05) is 23.4 Å². The third-order valence-corrected chi connectivity index (χ3v) is 6.18. The Kier molecular flexibility index (Phi) is 5.95. The second-order valence-corrected chi connectivity index (χ2v) is 8.30. The normalized spacial score (nSPS) is 11.0.